The van der Waals surface area contributed by atoms with Gasteiger partial charge in [-0.3, -0.25) is 0 Å². The Hall–Kier alpha value is -1.02. The number of unbranched alkanes of at least 4 members (excludes halogenated alkanes) is 1. The largest absolute Gasteiger partial charge is 0.372 e. The van der Waals surface area contributed by atoms with Crippen molar-refractivity contribution < 1.29 is 0 Å². The molecule has 1 aromatic carbocycles. The average Bonchev–Trinajstić information content (AvgIpc) is 2.31. The second-order valence-corrected chi connectivity index (χ2v) is 5.24. The number of rotatable bonds is 7. The van der Waals surface area contributed by atoms with Crippen molar-refractivity contribution in [2.75, 3.05) is 18.0 Å². The zero-order valence-corrected chi connectivity index (χ0v) is 12.4. The molecule has 0 aromatic heterocycles. The van der Waals surface area contributed by atoms with Gasteiger partial charge >= 0.3 is 0 Å². The number of benzene rings is 1. The normalized spacial score (nSPS) is 12.5. The molecule has 0 bridgehead atoms. The summed E-state index contributed by atoms with van der Waals surface area (Å²) in [5, 5.41) is 0. The predicted molar refractivity (Wildman–Crippen MR) is 81.3 cm³/mol. The van der Waals surface area contributed by atoms with E-state index in [1.54, 1.807) is 0 Å². The minimum atomic E-state index is 0.234. The van der Waals surface area contributed by atoms with Gasteiger partial charge in [0.15, 0.2) is 0 Å². The van der Waals surface area contributed by atoms with Crippen molar-refractivity contribution in [1.29, 1.82) is 0 Å². The quantitative estimate of drug-likeness (QED) is 0.800. The number of aryl methyl sites for hydroxylation is 1. The molecule has 0 radical (unpaired) electrons. The molecule has 102 valence electrons. The Bertz CT molecular complexity index is 358. The summed E-state index contributed by atoms with van der Waals surface area (Å²) in [6.07, 6.45) is 3.47. The molecule has 1 rings (SSSR count). The summed E-state index contributed by atoms with van der Waals surface area (Å²) in [5.41, 5.74) is 9.94. The Morgan fingerprint density at radius 1 is 1.28 bits per heavy atom. The SMILES string of the molecule is CCCCN(CC)c1ccc(CC(C)N)cc1C. The summed E-state index contributed by atoms with van der Waals surface area (Å²) < 4.78 is 0. The van der Waals surface area contributed by atoms with Crippen LogP contribution < -0.4 is 10.6 Å². The summed E-state index contributed by atoms with van der Waals surface area (Å²) >= 11 is 0. The molecule has 0 saturated heterocycles. The van der Waals surface area contributed by atoms with Crippen LogP contribution in [0.2, 0.25) is 0 Å². The fourth-order valence-corrected chi connectivity index (χ4v) is 2.37. The fraction of sp³-hybridized carbons (Fsp3) is 0.625. The monoisotopic (exact) mass is 248 g/mol. The van der Waals surface area contributed by atoms with Crippen LogP contribution >= 0.6 is 0 Å². The Kier molecular flexibility index (Phi) is 6.20. The van der Waals surface area contributed by atoms with E-state index in [0.29, 0.717) is 0 Å². The highest BCUT2D eigenvalue weighted by molar-refractivity contribution is 5.54. The second-order valence-electron chi connectivity index (χ2n) is 5.24. The number of anilines is 1. The molecule has 0 heterocycles. The summed E-state index contributed by atoms with van der Waals surface area (Å²) in [7, 11) is 0. The van der Waals surface area contributed by atoms with Crippen LogP contribution in [0.4, 0.5) is 5.69 Å². The van der Waals surface area contributed by atoms with Gasteiger partial charge in [-0.05, 0) is 50.8 Å². The summed E-state index contributed by atoms with van der Waals surface area (Å²) in [4.78, 5) is 2.47. The highest BCUT2D eigenvalue weighted by Crippen LogP contribution is 2.22. The molecule has 0 aliphatic carbocycles. The molecule has 0 saturated carbocycles. The van der Waals surface area contributed by atoms with Crippen LogP contribution in [0.3, 0.4) is 0 Å². The van der Waals surface area contributed by atoms with Crippen molar-refractivity contribution in [3.05, 3.63) is 29.3 Å². The van der Waals surface area contributed by atoms with Gasteiger partial charge in [0.1, 0.15) is 0 Å². The van der Waals surface area contributed by atoms with Crippen LogP contribution in [0, 0.1) is 6.92 Å². The predicted octanol–water partition coefficient (Wildman–Crippen LogP) is 3.51. The number of nitrogens with zero attached hydrogens (tertiary/aromatic N) is 1. The molecular weight excluding hydrogens is 220 g/mol. The minimum absolute atomic E-state index is 0.234. The third-order valence-electron chi connectivity index (χ3n) is 3.32. The van der Waals surface area contributed by atoms with E-state index >= 15 is 0 Å². The Balaban J connectivity index is 2.82. The van der Waals surface area contributed by atoms with Gasteiger partial charge in [0.2, 0.25) is 0 Å². The summed E-state index contributed by atoms with van der Waals surface area (Å²) in [6, 6.07) is 7.00. The molecule has 1 aromatic rings. The summed E-state index contributed by atoms with van der Waals surface area (Å²) in [5.74, 6) is 0. The Labute approximate surface area is 112 Å². The van der Waals surface area contributed by atoms with Crippen LogP contribution in [0.15, 0.2) is 18.2 Å². The van der Waals surface area contributed by atoms with E-state index in [-0.39, 0.29) is 6.04 Å². The molecule has 2 N–H and O–H groups in total. The van der Waals surface area contributed by atoms with Crippen LogP contribution in [0.5, 0.6) is 0 Å². The van der Waals surface area contributed by atoms with Gasteiger partial charge in [-0.1, -0.05) is 25.5 Å². The number of hydrogen-bond donors (Lipinski definition) is 1. The average molecular weight is 248 g/mol. The molecule has 0 aliphatic heterocycles. The Morgan fingerprint density at radius 3 is 2.50 bits per heavy atom. The first-order valence-electron chi connectivity index (χ1n) is 7.18. The van der Waals surface area contributed by atoms with Crippen molar-refractivity contribution >= 4 is 5.69 Å². The maximum absolute atomic E-state index is 5.85. The van der Waals surface area contributed by atoms with Crippen molar-refractivity contribution in [2.45, 2.75) is 53.0 Å². The standard InChI is InChI=1S/C16H28N2/c1-5-7-10-18(6-2)16-9-8-15(11-13(16)3)12-14(4)17/h8-9,11,14H,5-7,10,12,17H2,1-4H3. The zero-order valence-electron chi connectivity index (χ0n) is 12.4. The molecular formula is C16H28N2. The van der Waals surface area contributed by atoms with E-state index in [1.807, 2.05) is 0 Å². The molecule has 1 atom stereocenters. The number of nitrogens with two attached hydrogens (primary N) is 1. The van der Waals surface area contributed by atoms with Gasteiger partial charge in [0.25, 0.3) is 0 Å². The van der Waals surface area contributed by atoms with Gasteiger partial charge in [0, 0.05) is 24.8 Å². The van der Waals surface area contributed by atoms with Crippen LogP contribution in [0.1, 0.15) is 44.7 Å². The molecule has 2 nitrogen and oxygen atoms in total. The van der Waals surface area contributed by atoms with E-state index < -0.39 is 0 Å². The summed E-state index contributed by atoms with van der Waals surface area (Å²) in [6.45, 7) is 11.0. The van der Waals surface area contributed by atoms with E-state index in [9.17, 15) is 0 Å². The number of hydrogen-bond acceptors (Lipinski definition) is 2. The zero-order chi connectivity index (χ0) is 13.5. The highest BCUT2D eigenvalue weighted by Gasteiger charge is 2.08. The fourth-order valence-electron chi connectivity index (χ4n) is 2.37. The van der Waals surface area contributed by atoms with Gasteiger partial charge in [0.05, 0.1) is 0 Å². The molecule has 18 heavy (non-hydrogen) atoms. The topological polar surface area (TPSA) is 29.3 Å². The van der Waals surface area contributed by atoms with E-state index in [2.05, 4.69) is 50.8 Å². The van der Waals surface area contributed by atoms with Crippen molar-refractivity contribution in [3.8, 4) is 0 Å². The van der Waals surface area contributed by atoms with Gasteiger partial charge in [-0.25, -0.2) is 0 Å². The maximum atomic E-state index is 5.85. The minimum Gasteiger partial charge on any atom is -0.372 e. The van der Waals surface area contributed by atoms with Gasteiger partial charge in [-0.15, -0.1) is 0 Å². The van der Waals surface area contributed by atoms with E-state index in [0.717, 1.165) is 19.5 Å². The van der Waals surface area contributed by atoms with Crippen LogP contribution in [-0.4, -0.2) is 19.1 Å². The molecule has 1 unspecified atom stereocenters. The third kappa shape index (κ3) is 4.34. The van der Waals surface area contributed by atoms with Crippen LogP contribution in [-0.2, 0) is 6.42 Å². The molecule has 2 heteroatoms. The van der Waals surface area contributed by atoms with Crippen molar-refractivity contribution in [1.82, 2.24) is 0 Å². The Morgan fingerprint density at radius 2 is 2.00 bits per heavy atom. The lowest BCUT2D eigenvalue weighted by atomic mass is 10.0. The lowest BCUT2D eigenvalue weighted by Crippen LogP contribution is -2.24. The second kappa shape index (κ2) is 7.42. The first kappa shape index (κ1) is 15.0. The van der Waals surface area contributed by atoms with Crippen LogP contribution in [0.25, 0.3) is 0 Å². The molecule has 0 spiro atoms. The highest BCUT2D eigenvalue weighted by atomic mass is 15.1. The molecule has 0 amide bonds. The van der Waals surface area contributed by atoms with Gasteiger partial charge in [-0.2, -0.15) is 0 Å². The van der Waals surface area contributed by atoms with Gasteiger partial charge < -0.3 is 10.6 Å². The third-order valence-corrected chi connectivity index (χ3v) is 3.32. The van der Waals surface area contributed by atoms with Crippen molar-refractivity contribution in [3.63, 3.8) is 0 Å². The molecule has 0 aliphatic rings. The lowest BCUT2D eigenvalue weighted by molar-refractivity contribution is 0.726. The first-order valence-corrected chi connectivity index (χ1v) is 7.18. The van der Waals surface area contributed by atoms with E-state index in [4.69, 9.17) is 5.73 Å². The smallest absolute Gasteiger partial charge is 0.0396 e. The van der Waals surface area contributed by atoms with E-state index in [1.165, 1.54) is 29.7 Å². The molecule has 0 fully saturated rings. The lowest BCUT2D eigenvalue weighted by Gasteiger charge is -2.25. The van der Waals surface area contributed by atoms with Crippen molar-refractivity contribution in [2.24, 2.45) is 5.73 Å². The maximum Gasteiger partial charge on any atom is 0.0396 e. The first-order chi connectivity index (χ1) is 8.58.